The van der Waals surface area contributed by atoms with Gasteiger partial charge in [0.25, 0.3) is 0 Å². The van der Waals surface area contributed by atoms with Gasteiger partial charge in [-0.2, -0.15) is 0 Å². The summed E-state index contributed by atoms with van der Waals surface area (Å²) in [5.41, 5.74) is 0.300. The second-order valence-corrected chi connectivity index (χ2v) is 6.42. The Hall–Kier alpha value is -0.530. The van der Waals surface area contributed by atoms with Gasteiger partial charge in [-0.25, -0.2) is 0 Å². The summed E-state index contributed by atoms with van der Waals surface area (Å²) in [4.78, 5) is 14.3. The predicted molar refractivity (Wildman–Crippen MR) is 59.3 cm³/mol. The monoisotopic (exact) mass is 207 g/mol. The number of amides is 1. The number of carbonyl (C=O) groups excluding carboxylic acids is 1. The molecule has 2 aliphatic carbocycles. The fourth-order valence-electron chi connectivity index (χ4n) is 3.05. The van der Waals surface area contributed by atoms with E-state index in [4.69, 9.17) is 0 Å². The Labute approximate surface area is 92.0 Å². The van der Waals surface area contributed by atoms with Crippen molar-refractivity contribution in [2.75, 3.05) is 13.1 Å². The first-order chi connectivity index (χ1) is 7.08. The topological polar surface area (TPSA) is 20.3 Å². The Balaban J connectivity index is 1.57. The predicted octanol–water partition coefficient (Wildman–Crippen LogP) is 2.29. The van der Waals surface area contributed by atoms with Crippen molar-refractivity contribution in [3.05, 3.63) is 0 Å². The fourth-order valence-corrected chi connectivity index (χ4v) is 3.05. The van der Waals surface area contributed by atoms with Crippen LogP contribution in [0.25, 0.3) is 0 Å². The van der Waals surface area contributed by atoms with Crippen molar-refractivity contribution in [1.82, 2.24) is 4.90 Å². The van der Waals surface area contributed by atoms with E-state index in [9.17, 15) is 4.79 Å². The Kier molecular flexibility index (Phi) is 1.93. The van der Waals surface area contributed by atoms with Gasteiger partial charge < -0.3 is 4.90 Å². The zero-order valence-corrected chi connectivity index (χ0v) is 9.83. The van der Waals surface area contributed by atoms with Crippen molar-refractivity contribution in [3.63, 3.8) is 0 Å². The number of carbonyl (C=O) groups is 1. The normalized spacial score (nSPS) is 38.1. The molecule has 0 radical (unpaired) electrons. The first-order valence-corrected chi connectivity index (χ1v) is 6.37. The van der Waals surface area contributed by atoms with Crippen LogP contribution in [0.5, 0.6) is 0 Å². The van der Waals surface area contributed by atoms with Gasteiger partial charge in [0.2, 0.25) is 5.91 Å². The van der Waals surface area contributed by atoms with Crippen LogP contribution in [0.15, 0.2) is 0 Å². The third kappa shape index (κ3) is 1.68. The highest BCUT2D eigenvalue weighted by atomic mass is 16.2. The molecule has 2 nitrogen and oxygen atoms in total. The Morgan fingerprint density at radius 1 is 1.20 bits per heavy atom. The number of rotatable bonds is 2. The zero-order chi connectivity index (χ0) is 10.6. The maximum atomic E-state index is 12.1. The molecular weight excluding hydrogens is 186 g/mol. The molecule has 0 aromatic rings. The van der Waals surface area contributed by atoms with Gasteiger partial charge in [-0.15, -0.1) is 0 Å². The fraction of sp³-hybridized carbons (Fsp3) is 0.923. The number of nitrogens with zero attached hydrogens (tertiary/aromatic N) is 1. The molecule has 1 saturated heterocycles. The van der Waals surface area contributed by atoms with Gasteiger partial charge in [0, 0.05) is 19.0 Å². The van der Waals surface area contributed by atoms with Gasteiger partial charge in [0.1, 0.15) is 0 Å². The van der Waals surface area contributed by atoms with Crippen LogP contribution in [0, 0.1) is 23.2 Å². The molecule has 15 heavy (non-hydrogen) atoms. The van der Waals surface area contributed by atoms with Crippen molar-refractivity contribution >= 4 is 5.91 Å². The summed E-state index contributed by atoms with van der Waals surface area (Å²) >= 11 is 0. The van der Waals surface area contributed by atoms with E-state index in [0.29, 0.717) is 17.2 Å². The molecule has 3 rings (SSSR count). The highest BCUT2D eigenvalue weighted by Crippen LogP contribution is 2.53. The number of hydrogen-bond donors (Lipinski definition) is 0. The molecular formula is C13H21NO. The van der Waals surface area contributed by atoms with E-state index in [1.54, 1.807) is 0 Å². The molecule has 0 aromatic carbocycles. The third-order valence-corrected chi connectivity index (χ3v) is 4.64. The number of likely N-dealkylation sites (tertiary alicyclic amines) is 1. The average molecular weight is 207 g/mol. The summed E-state index contributed by atoms with van der Waals surface area (Å²) in [5, 5.41) is 0. The van der Waals surface area contributed by atoms with E-state index < -0.39 is 0 Å². The molecule has 0 bridgehead atoms. The van der Waals surface area contributed by atoms with Crippen molar-refractivity contribution in [2.24, 2.45) is 23.2 Å². The first kappa shape index (κ1) is 9.68. The van der Waals surface area contributed by atoms with Gasteiger partial charge in [0.15, 0.2) is 0 Å². The highest BCUT2D eigenvalue weighted by Gasteiger charge is 2.52. The number of hydrogen-bond acceptors (Lipinski definition) is 1. The van der Waals surface area contributed by atoms with Crippen molar-refractivity contribution < 1.29 is 4.79 Å². The molecule has 2 saturated carbocycles. The Morgan fingerprint density at radius 2 is 1.87 bits per heavy atom. The minimum absolute atomic E-state index is 0.300. The molecule has 2 heteroatoms. The zero-order valence-electron chi connectivity index (χ0n) is 9.83. The van der Waals surface area contributed by atoms with Crippen LogP contribution in [0.2, 0.25) is 0 Å². The molecule has 1 amide bonds. The quantitative estimate of drug-likeness (QED) is 0.680. The van der Waals surface area contributed by atoms with E-state index in [1.165, 1.54) is 19.3 Å². The molecule has 2 atom stereocenters. The molecule has 0 aromatic heterocycles. The van der Waals surface area contributed by atoms with Crippen LogP contribution >= 0.6 is 0 Å². The third-order valence-electron chi connectivity index (χ3n) is 4.64. The van der Waals surface area contributed by atoms with E-state index in [2.05, 4.69) is 18.7 Å². The SMILES string of the molecule is CC1(C)C[C@@H]1C(=O)N1CCC(C2CC2)C1. The van der Waals surface area contributed by atoms with Crippen LogP contribution in [-0.4, -0.2) is 23.9 Å². The molecule has 0 N–H and O–H groups in total. The molecule has 3 aliphatic rings. The van der Waals surface area contributed by atoms with Gasteiger partial charge in [-0.05, 0) is 42.9 Å². The summed E-state index contributed by atoms with van der Waals surface area (Å²) in [5.74, 6) is 2.60. The average Bonchev–Trinajstić information content (AvgIpc) is 3.07. The molecule has 3 fully saturated rings. The smallest absolute Gasteiger partial charge is 0.226 e. The molecule has 0 spiro atoms. The lowest BCUT2D eigenvalue weighted by Gasteiger charge is -2.17. The van der Waals surface area contributed by atoms with Crippen molar-refractivity contribution in [3.8, 4) is 0 Å². The van der Waals surface area contributed by atoms with Crippen molar-refractivity contribution in [1.29, 1.82) is 0 Å². The van der Waals surface area contributed by atoms with Gasteiger partial charge in [0.05, 0.1) is 0 Å². The first-order valence-electron chi connectivity index (χ1n) is 6.37. The second kappa shape index (κ2) is 2.99. The summed E-state index contributed by atoms with van der Waals surface area (Å²) in [6, 6.07) is 0. The largest absolute Gasteiger partial charge is 0.342 e. The van der Waals surface area contributed by atoms with E-state index >= 15 is 0 Å². The van der Waals surface area contributed by atoms with Crippen LogP contribution in [0.4, 0.5) is 0 Å². The lowest BCUT2D eigenvalue weighted by Crippen LogP contribution is -2.31. The van der Waals surface area contributed by atoms with Gasteiger partial charge >= 0.3 is 0 Å². The standard InChI is InChI=1S/C13H21NO/c1-13(2)7-11(13)12(15)14-6-5-10(8-14)9-3-4-9/h9-11H,3-8H2,1-2H3/t10?,11-/m1/s1. The van der Waals surface area contributed by atoms with Gasteiger partial charge in [-0.1, -0.05) is 13.8 Å². The van der Waals surface area contributed by atoms with Gasteiger partial charge in [-0.3, -0.25) is 4.79 Å². The summed E-state index contributed by atoms with van der Waals surface area (Å²) < 4.78 is 0. The summed E-state index contributed by atoms with van der Waals surface area (Å²) in [7, 11) is 0. The molecule has 1 aliphatic heterocycles. The lowest BCUT2D eigenvalue weighted by atomic mass is 10.0. The highest BCUT2D eigenvalue weighted by molar-refractivity contribution is 5.82. The lowest BCUT2D eigenvalue weighted by molar-refractivity contribution is -0.132. The minimum Gasteiger partial charge on any atom is -0.342 e. The van der Waals surface area contributed by atoms with E-state index in [1.807, 2.05) is 0 Å². The van der Waals surface area contributed by atoms with Crippen LogP contribution in [-0.2, 0) is 4.79 Å². The second-order valence-electron chi connectivity index (χ2n) is 6.42. The van der Waals surface area contributed by atoms with E-state index in [-0.39, 0.29) is 0 Å². The van der Waals surface area contributed by atoms with E-state index in [0.717, 1.165) is 31.3 Å². The molecule has 1 unspecified atom stereocenters. The maximum Gasteiger partial charge on any atom is 0.226 e. The molecule has 84 valence electrons. The minimum atomic E-state index is 0.300. The Bertz CT molecular complexity index is 293. The molecule has 1 heterocycles. The van der Waals surface area contributed by atoms with Crippen LogP contribution in [0.1, 0.15) is 39.5 Å². The Morgan fingerprint density at radius 3 is 2.40 bits per heavy atom. The summed E-state index contributed by atoms with van der Waals surface area (Å²) in [6.07, 6.45) is 5.21. The summed E-state index contributed by atoms with van der Waals surface area (Å²) in [6.45, 7) is 6.52. The maximum absolute atomic E-state index is 12.1. The van der Waals surface area contributed by atoms with Crippen LogP contribution < -0.4 is 0 Å². The van der Waals surface area contributed by atoms with Crippen LogP contribution in [0.3, 0.4) is 0 Å². The van der Waals surface area contributed by atoms with Crippen molar-refractivity contribution in [2.45, 2.75) is 39.5 Å².